The molecule has 0 N–H and O–H groups in total. The van der Waals surface area contributed by atoms with Gasteiger partial charge >= 0.3 is 12.1 Å². The Kier molecular flexibility index (Phi) is 5.26. The molecule has 0 aliphatic carbocycles. The fourth-order valence-electron chi connectivity index (χ4n) is 2.31. The maximum Gasteiger partial charge on any atom is 0.416 e. The second kappa shape index (κ2) is 7.47. The number of ether oxygens (including phenoxy) is 1. The Morgan fingerprint density at radius 2 is 2.11 bits per heavy atom. The van der Waals surface area contributed by atoms with E-state index in [2.05, 4.69) is 10.1 Å². The highest BCUT2D eigenvalue weighted by Gasteiger charge is 2.31. The number of thiazole rings is 1. The van der Waals surface area contributed by atoms with Crippen LogP contribution in [0.4, 0.5) is 17.6 Å². The van der Waals surface area contributed by atoms with Crippen molar-refractivity contribution in [3.05, 3.63) is 57.9 Å². The third-order valence-electron chi connectivity index (χ3n) is 3.56. The van der Waals surface area contributed by atoms with Gasteiger partial charge in [-0.3, -0.25) is 4.68 Å². The van der Waals surface area contributed by atoms with Crippen LogP contribution >= 0.6 is 11.3 Å². The topological polar surface area (TPSA) is 57.0 Å². The summed E-state index contributed by atoms with van der Waals surface area (Å²) in [4.78, 5) is 15.8. The number of carbonyl (C=O) groups is 1. The molecule has 0 amide bonds. The van der Waals surface area contributed by atoms with Crippen molar-refractivity contribution in [1.29, 1.82) is 0 Å². The number of hydrogen-bond donors (Lipinski definition) is 0. The van der Waals surface area contributed by atoms with Crippen molar-refractivity contribution in [1.82, 2.24) is 14.8 Å². The van der Waals surface area contributed by atoms with E-state index < -0.39 is 23.5 Å². The maximum atomic E-state index is 14.0. The van der Waals surface area contributed by atoms with E-state index in [1.54, 1.807) is 6.92 Å². The van der Waals surface area contributed by atoms with E-state index in [9.17, 15) is 22.4 Å². The summed E-state index contributed by atoms with van der Waals surface area (Å²) in [5.41, 5.74) is -0.784. The van der Waals surface area contributed by atoms with Crippen molar-refractivity contribution in [2.75, 3.05) is 6.61 Å². The molecule has 0 aliphatic heterocycles. The second-order valence-corrected chi connectivity index (χ2v) is 6.41. The van der Waals surface area contributed by atoms with Gasteiger partial charge in [0.2, 0.25) is 0 Å². The summed E-state index contributed by atoms with van der Waals surface area (Å²) in [6, 6.07) is 2.20. The summed E-state index contributed by atoms with van der Waals surface area (Å²) >= 11 is 1.15. The highest BCUT2D eigenvalue weighted by Crippen LogP contribution is 2.34. The number of nitrogens with zero attached hydrogens (tertiary/aromatic N) is 3. The lowest BCUT2D eigenvalue weighted by Crippen LogP contribution is -2.05. The van der Waals surface area contributed by atoms with E-state index in [1.807, 2.05) is 0 Å². The molecule has 2 aromatic heterocycles. The lowest BCUT2D eigenvalue weighted by Gasteiger charge is -2.08. The molecule has 0 fully saturated rings. The predicted octanol–water partition coefficient (Wildman–Crippen LogP) is 4.39. The van der Waals surface area contributed by atoms with Crippen molar-refractivity contribution < 1.29 is 27.1 Å². The fraction of sp³-hybridized carbons (Fsp3) is 0.235. The smallest absolute Gasteiger partial charge is 0.416 e. The monoisotopic (exact) mass is 399 g/mol. The first-order valence-corrected chi connectivity index (χ1v) is 8.67. The molecule has 0 saturated heterocycles. The van der Waals surface area contributed by atoms with Crippen molar-refractivity contribution >= 4 is 17.3 Å². The molecule has 142 valence electrons. The average Bonchev–Trinajstić information content (AvgIpc) is 3.24. The first-order chi connectivity index (χ1) is 12.8. The van der Waals surface area contributed by atoms with Gasteiger partial charge in [0.15, 0.2) is 0 Å². The Hall–Kier alpha value is -2.75. The van der Waals surface area contributed by atoms with E-state index in [-0.39, 0.29) is 30.0 Å². The highest BCUT2D eigenvalue weighted by atomic mass is 32.1. The molecule has 3 aromatic rings. The van der Waals surface area contributed by atoms with Crippen LogP contribution in [0.5, 0.6) is 0 Å². The normalized spacial score (nSPS) is 11.6. The van der Waals surface area contributed by atoms with Crippen molar-refractivity contribution in [2.24, 2.45) is 0 Å². The number of alkyl halides is 3. The molecule has 0 saturated carbocycles. The SMILES string of the molecule is CCOC(=O)c1cnn(Cc2nc(-c3cc(C(F)(F)F)ccc3F)cs2)c1. The summed E-state index contributed by atoms with van der Waals surface area (Å²) in [6.45, 7) is 2.11. The lowest BCUT2D eigenvalue weighted by molar-refractivity contribution is -0.137. The second-order valence-electron chi connectivity index (χ2n) is 5.47. The zero-order chi connectivity index (χ0) is 19.6. The summed E-state index contributed by atoms with van der Waals surface area (Å²) in [6.07, 6.45) is -1.75. The van der Waals surface area contributed by atoms with Crippen LogP contribution in [0.15, 0.2) is 36.0 Å². The molecule has 2 heterocycles. The number of halogens is 4. The molecule has 0 radical (unpaired) electrons. The van der Waals surface area contributed by atoms with Gasteiger partial charge in [0, 0.05) is 17.1 Å². The standard InChI is InChI=1S/C17H13F4N3O2S/c1-2-26-16(25)10-6-22-24(7-10)8-15-23-14(9-27-15)12-5-11(17(19,20)21)3-4-13(12)18/h3-7,9H,2,8H2,1H3. The fourth-order valence-corrected chi connectivity index (χ4v) is 3.10. The Labute approximate surface area is 155 Å². The van der Waals surface area contributed by atoms with E-state index in [0.29, 0.717) is 11.1 Å². The minimum atomic E-state index is -4.57. The van der Waals surface area contributed by atoms with Gasteiger partial charge in [-0.05, 0) is 25.1 Å². The quantitative estimate of drug-likeness (QED) is 0.472. The third kappa shape index (κ3) is 4.33. The van der Waals surface area contributed by atoms with Gasteiger partial charge in [0.1, 0.15) is 10.8 Å². The maximum absolute atomic E-state index is 14.0. The minimum absolute atomic E-state index is 0.108. The number of hydrogen-bond acceptors (Lipinski definition) is 5. The molecule has 0 bridgehead atoms. The first kappa shape index (κ1) is 19.0. The molecule has 0 unspecified atom stereocenters. The van der Waals surface area contributed by atoms with Crippen LogP contribution in [0.25, 0.3) is 11.3 Å². The first-order valence-electron chi connectivity index (χ1n) is 7.79. The molecule has 5 nitrogen and oxygen atoms in total. The molecule has 0 atom stereocenters. The van der Waals surface area contributed by atoms with Crippen molar-refractivity contribution in [3.8, 4) is 11.3 Å². The molecule has 3 rings (SSSR count). The number of rotatable bonds is 5. The molecular weight excluding hydrogens is 386 g/mol. The summed E-state index contributed by atoms with van der Waals surface area (Å²) in [5, 5.41) is 6.00. The minimum Gasteiger partial charge on any atom is -0.462 e. The number of aromatic nitrogens is 3. The number of carbonyl (C=O) groups excluding carboxylic acids is 1. The molecule has 0 aliphatic rings. The van der Waals surface area contributed by atoms with Gasteiger partial charge in [0.05, 0.1) is 36.2 Å². The summed E-state index contributed by atoms with van der Waals surface area (Å²) in [7, 11) is 0. The highest BCUT2D eigenvalue weighted by molar-refractivity contribution is 7.09. The summed E-state index contributed by atoms with van der Waals surface area (Å²) in [5.74, 6) is -1.29. The van der Waals surface area contributed by atoms with E-state index in [4.69, 9.17) is 4.74 Å². The zero-order valence-electron chi connectivity index (χ0n) is 14.0. The van der Waals surface area contributed by atoms with Crippen LogP contribution in [-0.4, -0.2) is 27.3 Å². The van der Waals surface area contributed by atoms with Crippen LogP contribution in [0.2, 0.25) is 0 Å². The van der Waals surface area contributed by atoms with Gasteiger partial charge in [-0.25, -0.2) is 14.2 Å². The van der Waals surface area contributed by atoms with Crippen LogP contribution in [0, 0.1) is 5.82 Å². The molecule has 27 heavy (non-hydrogen) atoms. The Morgan fingerprint density at radius 3 is 2.81 bits per heavy atom. The lowest BCUT2D eigenvalue weighted by atomic mass is 10.1. The van der Waals surface area contributed by atoms with E-state index >= 15 is 0 Å². The van der Waals surface area contributed by atoms with Gasteiger partial charge in [-0.1, -0.05) is 0 Å². The van der Waals surface area contributed by atoms with E-state index in [1.165, 1.54) is 22.5 Å². The zero-order valence-corrected chi connectivity index (χ0v) is 14.8. The van der Waals surface area contributed by atoms with Crippen molar-refractivity contribution in [2.45, 2.75) is 19.6 Å². The third-order valence-corrected chi connectivity index (χ3v) is 4.40. The van der Waals surface area contributed by atoms with Gasteiger partial charge in [-0.15, -0.1) is 11.3 Å². The van der Waals surface area contributed by atoms with Gasteiger partial charge < -0.3 is 4.74 Å². The Bertz CT molecular complexity index is 965. The van der Waals surface area contributed by atoms with Crippen LogP contribution in [-0.2, 0) is 17.5 Å². The summed E-state index contributed by atoms with van der Waals surface area (Å²) < 4.78 is 58.8. The molecular formula is C17H13F4N3O2S. The largest absolute Gasteiger partial charge is 0.462 e. The van der Waals surface area contributed by atoms with Crippen LogP contribution in [0.1, 0.15) is 27.9 Å². The Morgan fingerprint density at radius 1 is 1.33 bits per heavy atom. The van der Waals surface area contributed by atoms with Crippen LogP contribution < -0.4 is 0 Å². The van der Waals surface area contributed by atoms with E-state index in [0.717, 1.165) is 23.5 Å². The number of benzene rings is 1. The van der Waals surface area contributed by atoms with Crippen LogP contribution in [0.3, 0.4) is 0 Å². The molecule has 1 aromatic carbocycles. The van der Waals surface area contributed by atoms with Gasteiger partial charge in [0.25, 0.3) is 0 Å². The number of esters is 1. The Balaban J connectivity index is 1.81. The molecule has 10 heteroatoms. The average molecular weight is 399 g/mol. The van der Waals surface area contributed by atoms with Gasteiger partial charge in [-0.2, -0.15) is 18.3 Å². The van der Waals surface area contributed by atoms with Crippen molar-refractivity contribution in [3.63, 3.8) is 0 Å². The molecule has 0 spiro atoms. The predicted molar refractivity (Wildman–Crippen MR) is 89.8 cm³/mol.